The molecule has 0 aromatic heterocycles. The number of carbonyl (C=O) groups is 1. The van der Waals surface area contributed by atoms with Gasteiger partial charge in [0.05, 0.1) is 24.1 Å². The molecule has 2 fully saturated rings. The Labute approximate surface area is 194 Å². The zero-order chi connectivity index (χ0) is 23.0. The number of carbonyl (C=O) groups excluding carboxylic acids is 1. The van der Waals surface area contributed by atoms with Gasteiger partial charge in [-0.05, 0) is 47.8 Å². The highest BCUT2D eigenvalue weighted by Crippen LogP contribution is 2.37. The van der Waals surface area contributed by atoms with E-state index in [0.29, 0.717) is 17.6 Å². The topological polar surface area (TPSA) is 76.0 Å². The molecule has 32 heavy (non-hydrogen) atoms. The zero-order valence-electron chi connectivity index (χ0n) is 18.7. The molecule has 3 N–H and O–H groups in total. The quantitative estimate of drug-likeness (QED) is 0.605. The Hall–Kier alpha value is -2.48. The lowest BCUT2D eigenvalue weighted by Gasteiger charge is -2.42. The Morgan fingerprint density at radius 2 is 1.81 bits per heavy atom. The first-order valence-electron chi connectivity index (χ1n) is 11.1. The molecular weight excluding hydrogens is 422 g/mol. The summed E-state index contributed by atoms with van der Waals surface area (Å²) in [6.07, 6.45) is -1.80. The van der Waals surface area contributed by atoms with Gasteiger partial charge in [0.2, 0.25) is 5.91 Å². The third kappa shape index (κ3) is 4.25. The van der Waals surface area contributed by atoms with Gasteiger partial charge in [0.25, 0.3) is 0 Å². The average molecular weight is 454 g/mol. The molecule has 170 valence electrons. The normalized spacial score (nSPS) is 27.2. The maximum atomic E-state index is 13.6. The van der Waals surface area contributed by atoms with Gasteiger partial charge < -0.3 is 25.3 Å². The number of hydrogen-bond donors (Lipinski definition) is 3. The number of rotatable bonds is 5. The second kappa shape index (κ2) is 9.17. The molecule has 0 spiro atoms. The van der Waals surface area contributed by atoms with Crippen LogP contribution in [0.25, 0.3) is 0 Å². The van der Waals surface area contributed by atoms with Crippen molar-refractivity contribution in [3.8, 4) is 0 Å². The van der Waals surface area contributed by atoms with Gasteiger partial charge in [0, 0.05) is 19.3 Å². The average Bonchev–Trinajstić information content (AvgIpc) is 3.13. The van der Waals surface area contributed by atoms with Crippen molar-refractivity contribution in [1.82, 2.24) is 10.2 Å². The molecule has 5 atom stereocenters. The van der Waals surface area contributed by atoms with Gasteiger partial charge in [0.1, 0.15) is 6.10 Å². The number of aliphatic hydroxyl groups excluding tert-OH is 2. The second-order valence-electron chi connectivity index (χ2n) is 9.16. The fourth-order valence-corrected chi connectivity index (χ4v) is 5.23. The molecule has 2 aliphatic rings. The molecule has 7 heteroatoms. The van der Waals surface area contributed by atoms with Crippen molar-refractivity contribution < 1.29 is 15.0 Å². The Morgan fingerprint density at radius 3 is 2.44 bits per heavy atom. The summed E-state index contributed by atoms with van der Waals surface area (Å²) in [5, 5.41) is 24.9. The van der Waals surface area contributed by atoms with Crippen LogP contribution in [0, 0.1) is 5.92 Å². The summed E-state index contributed by atoms with van der Waals surface area (Å²) < 4.78 is 0. The van der Waals surface area contributed by atoms with E-state index in [1.807, 2.05) is 47.4 Å². The van der Waals surface area contributed by atoms with Crippen LogP contribution in [-0.2, 0) is 11.3 Å². The van der Waals surface area contributed by atoms with Gasteiger partial charge in [-0.1, -0.05) is 56.3 Å². The number of hydrogen-bond acceptors (Lipinski definition) is 4. The van der Waals surface area contributed by atoms with Crippen LogP contribution in [0.2, 0.25) is 0 Å². The first-order chi connectivity index (χ1) is 15.3. The Kier molecular flexibility index (Phi) is 6.51. The molecule has 4 rings (SSSR count). The summed E-state index contributed by atoms with van der Waals surface area (Å²) in [5.74, 6) is -0.164. The van der Waals surface area contributed by atoms with E-state index in [9.17, 15) is 15.0 Å². The number of benzene rings is 2. The number of amides is 1. The minimum Gasteiger partial charge on any atom is -0.390 e. The predicted octanol–water partition coefficient (Wildman–Crippen LogP) is 2.64. The number of nitrogens with one attached hydrogen (secondary N) is 1. The third-order valence-electron chi connectivity index (χ3n) is 6.64. The Balaban J connectivity index is 1.63. The summed E-state index contributed by atoms with van der Waals surface area (Å²) in [7, 11) is 1.78. The first-order valence-corrected chi connectivity index (χ1v) is 11.5. The highest BCUT2D eigenvalue weighted by atomic mass is 32.1. The van der Waals surface area contributed by atoms with Crippen molar-refractivity contribution in [3.05, 3.63) is 65.7 Å². The molecule has 0 radical (unpaired) electrons. The smallest absolute Gasteiger partial charge is 0.228 e. The summed E-state index contributed by atoms with van der Waals surface area (Å²) in [6.45, 7) is 4.76. The van der Waals surface area contributed by atoms with E-state index in [2.05, 4.69) is 31.3 Å². The van der Waals surface area contributed by atoms with Crippen LogP contribution in [0.15, 0.2) is 54.6 Å². The maximum absolute atomic E-state index is 13.6. The standard InChI is InChI=1S/C25H31N3O3S/c1-15(2)17-9-11-18(12-10-17)28-22-19(13-20(29)23(30)21(22)26-25(28)32)24(31)27(3)14-16-7-5-4-6-8-16/h4-12,15,19-23,29-30H,13-14H2,1-3H3,(H,26,32)/t19-,20-,21-,22-,23+/m1/s1. The molecular formula is C25H31N3O3S. The molecule has 2 aromatic rings. The summed E-state index contributed by atoms with van der Waals surface area (Å²) in [5.41, 5.74) is 3.14. The van der Waals surface area contributed by atoms with E-state index in [4.69, 9.17) is 12.2 Å². The van der Waals surface area contributed by atoms with Crippen LogP contribution in [0.5, 0.6) is 0 Å². The molecule has 1 aliphatic carbocycles. The largest absolute Gasteiger partial charge is 0.390 e. The number of thiocarbonyl (C=S) groups is 1. The Morgan fingerprint density at radius 1 is 1.16 bits per heavy atom. The minimum atomic E-state index is -0.999. The lowest BCUT2D eigenvalue weighted by Crippen LogP contribution is -2.61. The predicted molar refractivity (Wildman–Crippen MR) is 129 cm³/mol. The SMILES string of the molecule is CC(C)c1ccc(N2C(=S)N[C@H]3[C@@H](O)[C@H](O)C[C@@H](C(=O)N(C)Cc4ccccc4)[C@H]32)cc1. The van der Waals surface area contributed by atoms with Crippen molar-refractivity contribution in [2.75, 3.05) is 11.9 Å². The minimum absolute atomic E-state index is 0.0647. The van der Waals surface area contributed by atoms with Crippen LogP contribution in [0.1, 0.15) is 37.3 Å². The van der Waals surface area contributed by atoms with Crippen molar-refractivity contribution in [2.45, 2.75) is 57.0 Å². The van der Waals surface area contributed by atoms with Gasteiger partial charge >= 0.3 is 0 Å². The molecule has 1 amide bonds. The van der Waals surface area contributed by atoms with Gasteiger partial charge in [-0.15, -0.1) is 0 Å². The number of nitrogens with zero attached hydrogens (tertiary/aromatic N) is 2. The van der Waals surface area contributed by atoms with Gasteiger partial charge in [-0.25, -0.2) is 0 Å². The van der Waals surface area contributed by atoms with E-state index in [-0.39, 0.29) is 18.4 Å². The van der Waals surface area contributed by atoms with Crippen molar-refractivity contribution >= 4 is 28.9 Å². The first kappa shape index (κ1) is 22.7. The van der Waals surface area contributed by atoms with Crippen LogP contribution in [0.3, 0.4) is 0 Å². The fourth-order valence-electron chi connectivity index (χ4n) is 4.86. The van der Waals surface area contributed by atoms with Gasteiger partial charge in [0.15, 0.2) is 5.11 Å². The van der Waals surface area contributed by atoms with Crippen molar-refractivity contribution in [2.24, 2.45) is 5.92 Å². The molecule has 0 unspecified atom stereocenters. The number of anilines is 1. The third-order valence-corrected chi connectivity index (χ3v) is 6.95. The summed E-state index contributed by atoms with van der Waals surface area (Å²) >= 11 is 5.62. The highest BCUT2D eigenvalue weighted by Gasteiger charge is 2.54. The maximum Gasteiger partial charge on any atom is 0.228 e. The molecule has 1 saturated heterocycles. The van der Waals surface area contributed by atoms with Gasteiger partial charge in [-0.2, -0.15) is 0 Å². The number of fused-ring (bicyclic) bond motifs is 1. The van der Waals surface area contributed by atoms with E-state index in [1.165, 1.54) is 5.56 Å². The van der Waals surface area contributed by atoms with E-state index < -0.39 is 24.2 Å². The zero-order valence-corrected chi connectivity index (χ0v) is 19.5. The summed E-state index contributed by atoms with van der Waals surface area (Å²) in [6, 6.07) is 17.1. The second-order valence-corrected chi connectivity index (χ2v) is 9.55. The van der Waals surface area contributed by atoms with Crippen molar-refractivity contribution in [3.63, 3.8) is 0 Å². The lowest BCUT2D eigenvalue weighted by molar-refractivity contribution is -0.141. The molecule has 0 bridgehead atoms. The fraction of sp³-hybridized carbons (Fsp3) is 0.440. The van der Waals surface area contributed by atoms with Gasteiger partial charge in [-0.3, -0.25) is 4.79 Å². The highest BCUT2D eigenvalue weighted by molar-refractivity contribution is 7.80. The lowest BCUT2D eigenvalue weighted by atomic mass is 9.77. The monoisotopic (exact) mass is 453 g/mol. The van der Waals surface area contributed by atoms with Crippen LogP contribution in [-0.4, -0.2) is 57.5 Å². The molecule has 1 heterocycles. The molecule has 1 aliphatic heterocycles. The molecule has 2 aromatic carbocycles. The van der Waals surface area contributed by atoms with Crippen LogP contribution >= 0.6 is 12.2 Å². The van der Waals surface area contributed by atoms with E-state index >= 15 is 0 Å². The summed E-state index contributed by atoms with van der Waals surface area (Å²) in [4.78, 5) is 17.2. The molecule has 6 nitrogen and oxygen atoms in total. The number of aliphatic hydroxyl groups is 2. The van der Waals surface area contributed by atoms with E-state index in [0.717, 1.165) is 11.3 Å². The van der Waals surface area contributed by atoms with Crippen LogP contribution in [0.4, 0.5) is 5.69 Å². The Bertz CT molecular complexity index is 966. The van der Waals surface area contributed by atoms with Crippen molar-refractivity contribution in [1.29, 1.82) is 0 Å². The van der Waals surface area contributed by atoms with E-state index in [1.54, 1.807) is 11.9 Å². The van der Waals surface area contributed by atoms with Crippen LogP contribution < -0.4 is 10.2 Å². The molecule has 1 saturated carbocycles.